The van der Waals surface area contributed by atoms with Crippen molar-refractivity contribution in [1.82, 2.24) is 10.2 Å². The highest BCUT2D eigenvalue weighted by molar-refractivity contribution is 5.93. The number of methoxy groups -OCH3 is 1. The molecule has 1 aromatic carbocycles. The van der Waals surface area contributed by atoms with Crippen molar-refractivity contribution in [3.63, 3.8) is 0 Å². The summed E-state index contributed by atoms with van der Waals surface area (Å²) in [5.41, 5.74) is 1.63. The van der Waals surface area contributed by atoms with Crippen molar-refractivity contribution in [2.45, 2.75) is 6.92 Å². The Balaban J connectivity index is 2.07. The first kappa shape index (κ1) is 13.2. The maximum absolute atomic E-state index is 12.1. The van der Waals surface area contributed by atoms with Crippen molar-refractivity contribution in [3.8, 4) is 5.75 Å². The molecule has 0 aliphatic carbocycles. The summed E-state index contributed by atoms with van der Waals surface area (Å²) in [5, 5.41) is 5.48. The van der Waals surface area contributed by atoms with Gasteiger partial charge in [0.15, 0.2) is 0 Å². The summed E-state index contributed by atoms with van der Waals surface area (Å²) in [6.45, 7) is 3.00. The van der Waals surface area contributed by atoms with E-state index >= 15 is 0 Å². The van der Waals surface area contributed by atoms with Gasteiger partial charge in [0, 0.05) is 24.8 Å². The van der Waals surface area contributed by atoms with E-state index in [1.807, 2.05) is 19.1 Å². The Labute approximate surface area is 111 Å². The molecule has 1 fully saturated rings. The molecule has 102 valence electrons. The summed E-state index contributed by atoms with van der Waals surface area (Å²) >= 11 is 0. The molecule has 0 radical (unpaired) electrons. The summed E-state index contributed by atoms with van der Waals surface area (Å²) in [6.07, 6.45) is 0. The summed E-state index contributed by atoms with van der Waals surface area (Å²) in [6, 6.07) is 5.19. The zero-order valence-electron chi connectivity index (χ0n) is 11.0. The molecule has 0 unspecified atom stereocenters. The molecule has 0 spiro atoms. The van der Waals surface area contributed by atoms with Gasteiger partial charge in [-0.05, 0) is 18.6 Å². The topological polar surface area (TPSA) is 70.7 Å². The molecule has 0 aromatic heterocycles. The molecule has 19 heavy (non-hydrogen) atoms. The number of amides is 3. The number of rotatable bonds is 2. The molecule has 1 heterocycles. The van der Waals surface area contributed by atoms with Crippen molar-refractivity contribution in [2.75, 3.05) is 32.1 Å². The van der Waals surface area contributed by atoms with Crippen LogP contribution in [-0.2, 0) is 4.79 Å². The van der Waals surface area contributed by atoms with Crippen LogP contribution in [0, 0.1) is 6.92 Å². The minimum atomic E-state index is -0.272. The lowest BCUT2D eigenvalue weighted by Gasteiger charge is -2.27. The first-order valence-electron chi connectivity index (χ1n) is 6.07. The Hall–Kier alpha value is -2.24. The normalized spacial score (nSPS) is 14.8. The number of anilines is 1. The van der Waals surface area contributed by atoms with E-state index in [-0.39, 0.29) is 18.5 Å². The third-order valence-electron chi connectivity index (χ3n) is 3.01. The highest BCUT2D eigenvalue weighted by atomic mass is 16.5. The summed E-state index contributed by atoms with van der Waals surface area (Å²) in [5.74, 6) is 0.543. The van der Waals surface area contributed by atoms with Crippen molar-refractivity contribution in [1.29, 1.82) is 0 Å². The Morgan fingerprint density at radius 2 is 2.26 bits per heavy atom. The molecule has 2 N–H and O–H groups in total. The van der Waals surface area contributed by atoms with Gasteiger partial charge in [-0.1, -0.05) is 6.07 Å². The molecule has 6 heteroatoms. The number of aryl methyl sites for hydroxylation is 1. The van der Waals surface area contributed by atoms with E-state index < -0.39 is 0 Å². The van der Waals surface area contributed by atoms with Gasteiger partial charge in [0.05, 0.1) is 7.11 Å². The fourth-order valence-electron chi connectivity index (χ4n) is 1.87. The zero-order valence-corrected chi connectivity index (χ0v) is 11.0. The average Bonchev–Trinajstić information content (AvgIpc) is 2.41. The number of benzene rings is 1. The number of nitrogens with zero attached hydrogens (tertiary/aromatic N) is 1. The number of nitrogens with one attached hydrogen (secondary N) is 2. The van der Waals surface area contributed by atoms with E-state index in [0.717, 1.165) is 5.56 Å². The van der Waals surface area contributed by atoms with Gasteiger partial charge in [0.1, 0.15) is 12.3 Å². The fourth-order valence-corrected chi connectivity index (χ4v) is 1.87. The van der Waals surface area contributed by atoms with Gasteiger partial charge >= 0.3 is 6.03 Å². The smallest absolute Gasteiger partial charge is 0.322 e. The van der Waals surface area contributed by atoms with E-state index in [9.17, 15) is 9.59 Å². The third kappa shape index (κ3) is 3.15. The minimum Gasteiger partial charge on any atom is -0.497 e. The zero-order chi connectivity index (χ0) is 13.8. The number of carbonyl (C=O) groups is 2. The second-order valence-corrected chi connectivity index (χ2v) is 4.38. The van der Waals surface area contributed by atoms with Crippen LogP contribution < -0.4 is 15.4 Å². The molecule has 0 atom stereocenters. The molecule has 1 aliphatic heterocycles. The van der Waals surface area contributed by atoms with E-state index in [4.69, 9.17) is 4.74 Å². The summed E-state index contributed by atoms with van der Waals surface area (Å²) in [4.78, 5) is 24.8. The molecule has 6 nitrogen and oxygen atoms in total. The molecule has 0 saturated carbocycles. The predicted molar refractivity (Wildman–Crippen MR) is 71.3 cm³/mol. The van der Waals surface area contributed by atoms with E-state index in [0.29, 0.717) is 24.5 Å². The van der Waals surface area contributed by atoms with Crippen LogP contribution in [0.25, 0.3) is 0 Å². The number of hydrogen-bond donors (Lipinski definition) is 2. The third-order valence-corrected chi connectivity index (χ3v) is 3.01. The minimum absolute atomic E-state index is 0.0921. The van der Waals surface area contributed by atoms with Crippen molar-refractivity contribution in [2.24, 2.45) is 0 Å². The number of piperazine rings is 1. The second-order valence-electron chi connectivity index (χ2n) is 4.38. The first-order valence-corrected chi connectivity index (χ1v) is 6.07. The van der Waals surface area contributed by atoms with Gasteiger partial charge in [0.25, 0.3) is 0 Å². The molecular formula is C13H17N3O3. The van der Waals surface area contributed by atoms with E-state index in [1.54, 1.807) is 13.2 Å². The highest BCUT2D eigenvalue weighted by Gasteiger charge is 2.21. The Bertz CT molecular complexity index is 502. The van der Waals surface area contributed by atoms with Crippen LogP contribution in [0.15, 0.2) is 18.2 Å². The lowest BCUT2D eigenvalue weighted by atomic mass is 10.2. The van der Waals surface area contributed by atoms with Gasteiger partial charge in [-0.3, -0.25) is 4.79 Å². The maximum Gasteiger partial charge on any atom is 0.322 e. The molecule has 1 aromatic rings. The largest absolute Gasteiger partial charge is 0.497 e. The van der Waals surface area contributed by atoms with E-state index in [1.165, 1.54) is 4.90 Å². The summed E-state index contributed by atoms with van der Waals surface area (Å²) < 4.78 is 5.12. The lowest BCUT2D eigenvalue weighted by molar-refractivity contribution is -0.123. The molecule has 1 saturated heterocycles. The molecule has 1 aliphatic rings. The van der Waals surface area contributed by atoms with Crippen molar-refractivity contribution in [3.05, 3.63) is 23.8 Å². The molecule has 0 bridgehead atoms. The standard InChI is InChI=1S/C13H17N3O3/c1-9-3-4-10(19-2)7-11(9)15-13(18)16-6-5-14-12(17)8-16/h3-4,7H,5-6,8H2,1-2H3,(H,14,17)(H,15,18). The Kier molecular flexibility index (Phi) is 3.89. The van der Waals surface area contributed by atoms with Crippen LogP contribution in [0.2, 0.25) is 0 Å². The molecule has 2 rings (SSSR count). The van der Waals surface area contributed by atoms with Gasteiger partial charge in [-0.15, -0.1) is 0 Å². The van der Waals surface area contributed by atoms with Crippen molar-refractivity contribution < 1.29 is 14.3 Å². The first-order chi connectivity index (χ1) is 9.10. The maximum atomic E-state index is 12.1. The monoisotopic (exact) mass is 263 g/mol. The number of hydrogen-bond acceptors (Lipinski definition) is 3. The SMILES string of the molecule is COc1ccc(C)c(NC(=O)N2CCNC(=O)C2)c1. The molecular weight excluding hydrogens is 246 g/mol. The van der Waals surface area contributed by atoms with Crippen LogP contribution in [0.1, 0.15) is 5.56 Å². The number of ether oxygens (including phenoxy) is 1. The van der Waals surface area contributed by atoms with Crippen LogP contribution in [0.4, 0.5) is 10.5 Å². The number of carbonyl (C=O) groups excluding carboxylic acids is 2. The highest BCUT2D eigenvalue weighted by Crippen LogP contribution is 2.22. The Morgan fingerprint density at radius 1 is 1.47 bits per heavy atom. The van der Waals surface area contributed by atoms with E-state index in [2.05, 4.69) is 10.6 Å². The van der Waals surface area contributed by atoms with Crippen LogP contribution in [0.3, 0.4) is 0 Å². The quantitative estimate of drug-likeness (QED) is 0.835. The fraction of sp³-hybridized carbons (Fsp3) is 0.385. The van der Waals surface area contributed by atoms with Gasteiger partial charge in [-0.25, -0.2) is 4.79 Å². The second kappa shape index (κ2) is 5.60. The summed E-state index contributed by atoms with van der Waals surface area (Å²) in [7, 11) is 1.57. The van der Waals surface area contributed by atoms with Crippen LogP contribution >= 0.6 is 0 Å². The number of urea groups is 1. The predicted octanol–water partition coefficient (Wildman–Crippen LogP) is 0.967. The van der Waals surface area contributed by atoms with Gasteiger partial charge in [0.2, 0.25) is 5.91 Å². The van der Waals surface area contributed by atoms with Gasteiger partial charge in [-0.2, -0.15) is 0 Å². The lowest BCUT2D eigenvalue weighted by Crippen LogP contribution is -2.51. The van der Waals surface area contributed by atoms with Crippen LogP contribution in [0.5, 0.6) is 5.75 Å². The van der Waals surface area contributed by atoms with Gasteiger partial charge < -0.3 is 20.3 Å². The van der Waals surface area contributed by atoms with Crippen LogP contribution in [-0.4, -0.2) is 43.6 Å². The van der Waals surface area contributed by atoms with Crippen molar-refractivity contribution >= 4 is 17.6 Å². The molecule has 3 amide bonds. The average molecular weight is 263 g/mol. The Morgan fingerprint density at radius 3 is 2.95 bits per heavy atom.